The van der Waals surface area contributed by atoms with Crippen molar-refractivity contribution < 1.29 is 17.8 Å². The lowest BCUT2D eigenvalue weighted by molar-refractivity contribution is -0.141. The molecule has 0 spiro atoms. The number of rotatable bonds is 5. The second kappa shape index (κ2) is 6.33. The van der Waals surface area contributed by atoms with Crippen LogP contribution in [0.25, 0.3) is 0 Å². The van der Waals surface area contributed by atoms with Crippen LogP contribution in [-0.2, 0) is 9.53 Å². The summed E-state index contributed by atoms with van der Waals surface area (Å²) < 4.78 is 45.4. The molecule has 0 atom stereocenters. The van der Waals surface area contributed by atoms with E-state index in [2.05, 4.69) is 4.74 Å². The third-order valence-electron chi connectivity index (χ3n) is 0.929. The number of carbonyl (C=O) groups is 1. The molecule has 0 aliphatic rings. The summed E-state index contributed by atoms with van der Waals surface area (Å²) >= 11 is 0. The van der Waals surface area contributed by atoms with E-state index in [1.807, 2.05) is 0 Å². The molecule has 0 N–H and O–H groups in total. The SMILES string of the molecule is [2H]C([2H])=C([2H])CCCCOC(=O)C([2H])([2H])[2H]. The largest absolute Gasteiger partial charge is 0.466 e. The van der Waals surface area contributed by atoms with Crippen LogP contribution >= 0.6 is 0 Å². The van der Waals surface area contributed by atoms with Gasteiger partial charge in [-0.05, 0) is 19.3 Å². The molecule has 0 rings (SSSR count). The Morgan fingerprint density at radius 2 is 2.90 bits per heavy atom. The van der Waals surface area contributed by atoms with Crippen molar-refractivity contribution in [2.24, 2.45) is 0 Å². The van der Waals surface area contributed by atoms with Gasteiger partial charge in [-0.2, -0.15) is 0 Å². The monoisotopic (exact) mass is 148 g/mol. The smallest absolute Gasteiger partial charge is 0.302 e. The number of esters is 1. The first-order valence-corrected chi connectivity index (χ1v) is 3.05. The van der Waals surface area contributed by atoms with Gasteiger partial charge in [0, 0.05) is 11.0 Å². The summed E-state index contributed by atoms with van der Waals surface area (Å²) in [5, 5.41) is 0. The van der Waals surface area contributed by atoms with E-state index in [0.717, 1.165) is 0 Å². The van der Waals surface area contributed by atoms with Gasteiger partial charge >= 0.3 is 5.97 Å². The highest BCUT2D eigenvalue weighted by atomic mass is 16.5. The first-order chi connectivity index (χ1) is 7.25. The van der Waals surface area contributed by atoms with E-state index < -0.39 is 19.4 Å². The Kier molecular flexibility index (Phi) is 1.95. The molecule has 2 heteroatoms. The summed E-state index contributed by atoms with van der Waals surface area (Å²) in [5.74, 6) is -1.23. The predicted octanol–water partition coefficient (Wildman–Crippen LogP) is 1.91. The fraction of sp³-hybridized carbons (Fsp3) is 0.625. The highest BCUT2D eigenvalue weighted by Crippen LogP contribution is 1.95. The molecule has 0 bridgehead atoms. The minimum atomic E-state index is -2.73. The summed E-state index contributed by atoms with van der Waals surface area (Å²) in [6, 6.07) is -0.0813. The van der Waals surface area contributed by atoms with E-state index in [4.69, 9.17) is 8.22 Å². The van der Waals surface area contributed by atoms with Gasteiger partial charge < -0.3 is 4.74 Å². The maximum Gasteiger partial charge on any atom is 0.302 e. The number of hydrogen-bond acceptors (Lipinski definition) is 2. The number of carbonyl (C=O) groups excluding carboxylic acids is 1. The van der Waals surface area contributed by atoms with Gasteiger partial charge in [0.05, 0.1) is 10.7 Å². The zero-order chi connectivity index (χ0) is 12.8. The molecule has 0 unspecified atom stereocenters. The number of hydrogen-bond donors (Lipinski definition) is 0. The van der Waals surface area contributed by atoms with Crippen LogP contribution < -0.4 is 0 Å². The summed E-state index contributed by atoms with van der Waals surface area (Å²) in [5.41, 5.74) is 0. The molecule has 0 aromatic heterocycles. The third-order valence-corrected chi connectivity index (χ3v) is 0.929. The topological polar surface area (TPSA) is 26.3 Å². The van der Waals surface area contributed by atoms with Gasteiger partial charge in [0.1, 0.15) is 0 Å². The van der Waals surface area contributed by atoms with Crippen LogP contribution in [0.2, 0.25) is 0 Å². The van der Waals surface area contributed by atoms with Crippen LogP contribution in [-0.4, -0.2) is 12.6 Å². The van der Waals surface area contributed by atoms with Crippen molar-refractivity contribution in [1.29, 1.82) is 0 Å². The predicted molar refractivity (Wildman–Crippen MR) is 40.7 cm³/mol. The van der Waals surface area contributed by atoms with Gasteiger partial charge in [0.15, 0.2) is 0 Å². The van der Waals surface area contributed by atoms with Crippen molar-refractivity contribution >= 4 is 5.97 Å². The molecule has 2 nitrogen and oxygen atoms in total. The Bertz CT molecular complexity index is 266. The van der Waals surface area contributed by atoms with Crippen LogP contribution in [0.3, 0.4) is 0 Å². The lowest BCUT2D eigenvalue weighted by atomic mass is 10.2. The van der Waals surface area contributed by atoms with Gasteiger partial charge in [-0.25, -0.2) is 0 Å². The quantitative estimate of drug-likeness (QED) is 0.338. The molecular weight excluding hydrogens is 128 g/mol. The lowest BCUT2D eigenvalue weighted by Gasteiger charge is -1.98. The van der Waals surface area contributed by atoms with Crippen molar-refractivity contribution in [2.75, 3.05) is 6.61 Å². The van der Waals surface area contributed by atoms with E-state index in [-0.39, 0.29) is 19.1 Å². The Morgan fingerprint density at radius 3 is 3.60 bits per heavy atom. The van der Waals surface area contributed by atoms with Crippen molar-refractivity contribution in [3.05, 3.63) is 12.6 Å². The van der Waals surface area contributed by atoms with E-state index in [9.17, 15) is 4.79 Å². The van der Waals surface area contributed by atoms with E-state index in [0.29, 0.717) is 12.8 Å². The van der Waals surface area contributed by atoms with E-state index in [1.165, 1.54) is 0 Å². The van der Waals surface area contributed by atoms with Crippen LogP contribution in [0.4, 0.5) is 0 Å². The van der Waals surface area contributed by atoms with Gasteiger partial charge in [-0.3, -0.25) is 4.79 Å². The Morgan fingerprint density at radius 1 is 2.00 bits per heavy atom. The van der Waals surface area contributed by atoms with Gasteiger partial charge in [0.2, 0.25) is 0 Å². The second-order valence-electron chi connectivity index (χ2n) is 1.77. The highest BCUT2D eigenvalue weighted by molar-refractivity contribution is 5.65. The first-order valence-electron chi connectivity index (χ1n) is 6.05. The van der Waals surface area contributed by atoms with Crippen molar-refractivity contribution in [1.82, 2.24) is 0 Å². The van der Waals surface area contributed by atoms with E-state index in [1.54, 1.807) is 0 Å². The Balaban J connectivity index is 3.64. The van der Waals surface area contributed by atoms with Gasteiger partial charge in [-0.1, -0.05) is 6.05 Å². The van der Waals surface area contributed by atoms with Gasteiger partial charge in [-0.15, -0.1) is 6.53 Å². The molecule has 0 aliphatic carbocycles. The molecular formula is C8H14O2. The fourth-order valence-electron chi connectivity index (χ4n) is 0.480. The lowest BCUT2D eigenvalue weighted by Crippen LogP contribution is -1.99. The summed E-state index contributed by atoms with van der Waals surface area (Å²) in [6.07, 6.45) is 1.15. The van der Waals surface area contributed by atoms with Gasteiger partial charge in [0.25, 0.3) is 0 Å². The normalized spacial score (nSPS) is 18.4. The first kappa shape index (κ1) is 3.07. The molecule has 0 aromatic carbocycles. The maximum atomic E-state index is 10.8. The zero-order valence-electron chi connectivity index (χ0n) is 11.6. The maximum absolute atomic E-state index is 10.8. The molecule has 0 aliphatic heterocycles. The molecule has 0 aromatic rings. The van der Waals surface area contributed by atoms with Crippen molar-refractivity contribution in [3.63, 3.8) is 0 Å². The molecule has 0 fully saturated rings. The molecule has 0 amide bonds. The second-order valence-corrected chi connectivity index (χ2v) is 1.77. The fourth-order valence-corrected chi connectivity index (χ4v) is 0.480. The van der Waals surface area contributed by atoms with E-state index >= 15 is 0 Å². The summed E-state index contributed by atoms with van der Waals surface area (Å²) in [4.78, 5) is 10.8. The molecule has 58 valence electrons. The third kappa shape index (κ3) is 7.21. The van der Waals surface area contributed by atoms with Crippen LogP contribution in [0.1, 0.15) is 34.3 Å². The average Bonchev–Trinajstić information content (AvgIpc) is 2.14. The number of ether oxygens (including phenoxy) is 1. The standard InChI is InChI=1S/C8H14O2/c1-3-4-5-6-7-10-8(2)9/h3H,1,4-7H2,2H3/i1D2,2D3,3D. The highest BCUT2D eigenvalue weighted by Gasteiger charge is 1.90. The molecule has 10 heavy (non-hydrogen) atoms. The average molecular weight is 148 g/mol. The van der Waals surface area contributed by atoms with Crippen LogP contribution in [0, 0.1) is 0 Å². The molecule has 0 heterocycles. The summed E-state index contributed by atoms with van der Waals surface area (Å²) in [6.45, 7) is -3.27. The number of unbranched alkanes of at least 4 members (excludes halogenated alkanes) is 1. The van der Waals surface area contributed by atoms with Crippen molar-refractivity contribution in [2.45, 2.75) is 26.1 Å². The van der Waals surface area contributed by atoms with Crippen LogP contribution in [0.5, 0.6) is 0 Å². The zero-order valence-corrected chi connectivity index (χ0v) is 5.64. The minimum Gasteiger partial charge on any atom is -0.466 e. The Hall–Kier alpha value is -0.790. The van der Waals surface area contributed by atoms with Crippen LogP contribution in [0.15, 0.2) is 12.6 Å². The van der Waals surface area contributed by atoms with Crippen molar-refractivity contribution in [3.8, 4) is 0 Å². The summed E-state index contributed by atoms with van der Waals surface area (Å²) in [7, 11) is 0. The number of allylic oxidation sites excluding steroid dienone is 1. The molecule has 0 saturated heterocycles. The molecule has 0 radical (unpaired) electrons. The minimum absolute atomic E-state index is 0.0180. The molecule has 0 saturated carbocycles. The Labute approximate surface area is 70.3 Å².